The van der Waals surface area contributed by atoms with Crippen molar-refractivity contribution in [2.45, 2.75) is 25.3 Å². The molecule has 35 heavy (non-hydrogen) atoms. The van der Waals surface area contributed by atoms with Crippen LogP contribution in [0, 0.1) is 0 Å². The summed E-state index contributed by atoms with van der Waals surface area (Å²) < 4.78 is 11.2. The van der Waals surface area contributed by atoms with Crippen LogP contribution in [0.5, 0.6) is 11.5 Å². The van der Waals surface area contributed by atoms with Gasteiger partial charge >= 0.3 is 6.09 Å². The lowest BCUT2D eigenvalue weighted by Crippen LogP contribution is -2.45. The number of carbonyl (C=O) groups excluding carboxylic acids is 2. The largest absolute Gasteiger partial charge is 0.492 e. The second-order valence-electron chi connectivity index (χ2n) is 8.55. The van der Waals surface area contributed by atoms with E-state index in [2.05, 4.69) is 15.5 Å². The van der Waals surface area contributed by atoms with Crippen LogP contribution in [0.2, 0.25) is 0 Å². The van der Waals surface area contributed by atoms with Crippen molar-refractivity contribution >= 4 is 17.7 Å². The van der Waals surface area contributed by atoms with Gasteiger partial charge in [0.1, 0.15) is 18.1 Å². The maximum absolute atomic E-state index is 12.3. The van der Waals surface area contributed by atoms with Crippen LogP contribution in [0.1, 0.15) is 18.4 Å². The molecule has 2 N–H and O–H groups in total. The fraction of sp³-hybridized carbons (Fsp3) is 0.286. The van der Waals surface area contributed by atoms with Gasteiger partial charge in [-0.1, -0.05) is 48.5 Å². The first kappa shape index (κ1) is 24.3. The molecule has 0 bridgehead atoms. The van der Waals surface area contributed by atoms with E-state index >= 15 is 0 Å². The third kappa shape index (κ3) is 8.15. The van der Waals surface area contributed by atoms with Crippen LogP contribution < -0.4 is 20.1 Å². The van der Waals surface area contributed by atoms with E-state index in [1.165, 1.54) is 0 Å². The highest BCUT2D eigenvalue weighted by atomic mass is 16.6. The Balaban J connectivity index is 1.11. The summed E-state index contributed by atoms with van der Waals surface area (Å²) in [6.45, 7) is 3.26. The number of piperidine rings is 1. The van der Waals surface area contributed by atoms with E-state index in [1.54, 1.807) is 36.4 Å². The number of nitrogens with one attached hydrogen (secondary N) is 2. The summed E-state index contributed by atoms with van der Waals surface area (Å²) in [5.74, 6) is 1.26. The van der Waals surface area contributed by atoms with Crippen molar-refractivity contribution in [3.05, 3.63) is 90.5 Å². The second kappa shape index (κ2) is 12.6. The normalized spacial score (nSPS) is 14.2. The zero-order valence-corrected chi connectivity index (χ0v) is 19.7. The van der Waals surface area contributed by atoms with Gasteiger partial charge in [0.25, 0.3) is 0 Å². The quantitative estimate of drug-likeness (QED) is 0.478. The third-order valence-electron chi connectivity index (χ3n) is 5.89. The summed E-state index contributed by atoms with van der Waals surface area (Å²) in [6, 6.07) is 26.2. The number of carbonyl (C=O) groups is 2. The van der Waals surface area contributed by atoms with Crippen molar-refractivity contribution in [2.75, 3.05) is 31.6 Å². The summed E-state index contributed by atoms with van der Waals surface area (Å²) in [4.78, 5) is 26.6. The summed E-state index contributed by atoms with van der Waals surface area (Å²) in [5.41, 5.74) is 1.71. The van der Waals surface area contributed by atoms with Gasteiger partial charge < -0.3 is 14.8 Å². The molecule has 0 aromatic heterocycles. The predicted octanol–water partition coefficient (Wildman–Crippen LogP) is 4.50. The summed E-state index contributed by atoms with van der Waals surface area (Å²) in [5, 5.41) is 5.84. The van der Waals surface area contributed by atoms with Gasteiger partial charge in [-0.25, -0.2) is 4.79 Å². The van der Waals surface area contributed by atoms with Crippen LogP contribution in [0.3, 0.4) is 0 Å². The van der Waals surface area contributed by atoms with Gasteiger partial charge in [0.15, 0.2) is 0 Å². The van der Waals surface area contributed by atoms with Gasteiger partial charge in [0.05, 0.1) is 6.42 Å². The first-order chi connectivity index (χ1) is 17.1. The van der Waals surface area contributed by atoms with Crippen LogP contribution in [0.4, 0.5) is 10.5 Å². The molecule has 2 amide bonds. The molecule has 0 spiro atoms. The average molecular weight is 474 g/mol. The first-order valence-electron chi connectivity index (χ1n) is 12.0. The Bertz CT molecular complexity index is 1070. The van der Waals surface area contributed by atoms with E-state index in [0.717, 1.165) is 43.8 Å². The van der Waals surface area contributed by atoms with E-state index < -0.39 is 6.09 Å². The van der Waals surface area contributed by atoms with E-state index in [9.17, 15) is 9.59 Å². The summed E-state index contributed by atoms with van der Waals surface area (Å²) >= 11 is 0. The molecule has 1 aliphatic rings. The number of hydrogen-bond acceptors (Lipinski definition) is 5. The Morgan fingerprint density at radius 2 is 1.46 bits per heavy atom. The molecule has 7 nitrogen and oxygen atoms in total. The molecular formula is C28H31N3O4. The number of hydrogen-bond donors (Lipinski definition) is 2. The van der Waals surface area contributed by atoms with Crippen molar-refractivity contribution < 1.29 is 19.1 Å². The number of ether oxygens (including phenoxy) is 2. The van der Waals surface area contributed by atoms with E-state index in [1.807, 2.05) is 48.5 Å². The fourth-order valence-corrected chi connectivity index (χ4v) is 4.03. The van der Waals surface area contributed by atoms with Gasteiger partial charge in [-0.3, -0.25) is 15.0 Å². The van der Waals surface area contributed by atoms with Crippen molar-refractivity contribution in [1.82, 2.24) is 10.2 Å². The highest BCUT2D eigenvalue weighted by Gasteiger charge is 2.20. The van der Waals surface area contributed by atoms with E-state index in [0.29, 0.717) is 24.5 Å². The molecule has 1 fully saturated rings. The Labute approximate surface area is 206 Å². The van der Waals surface area contributed by atoms with Gasteiger partial charge in [-0.05, 0) is 54.8 Å². The minimum atomic E-state index is -0.537. The molecule has 4 rings (SSSR count). The second-order valence-corrected chi connectivity index (χ2v) is 8.55. The van der Waals surface area contributed by atoms with Crippen LogP contribution in [-0.4, -0.2) is 49.2 Å². The molecule has 0 atom stereocenters. The molecule has 0 radical (unpaired) electrons. The summed E-state index contributed by atoms with van der Waals surface area (Å²) in [7, 11) is 0. The van der Waals surface area contributed by atoms with Gasteiger partial charge in [0.2, 0.25) is 5.91 Å². The number of benzene rings is 3. The Morgan fingerprint density at radius 1 is 0.829 bits per heavy atom. The molecule has 1 heterocycles. The highest BCUT2D eigenvalue weighted by molar-refractivity contribution is 5.86. The molecule has 0 saturated carbocycles. The molecule has 1 aliphatic heterocycles. The number of amides is 2. The van der Waals surface area contributed by atoms with E-state index in [4.69, 9.17) is 9.47 Å². The van der Waals surface area contributed by atoms with Crippen LogP contribution >= 0.6 is 0 Å². The lowest BCUT2D eigenvalue weighted by molar-refractivity contribution is -0.121. The zero-order chi connectivity index (χ0) is 24.3. The van der Waals surface area contributed by atoms with Gasteiger partial charge in [0, 0.05) is 31.4 Å². The average Bonchev–Trinajstić information content (AvgIpc) is 2.87. The molecule has 182 valence electrons. The highest BCUT2D eigenvalue weighted by Crippen LogP contribution is 2.19. The van der Waals surface area contributed by atoms with Crippen molar-refractivity contribution in [3.63, 3.8) is 0 Å². The molecule has 0 unspecified atom stereocenters. The monoisotopic (exact) mass is 473 g/mol. The maximum atomic E-state index is 12.3. The first-order valence-corrected chi connectivity index (χ1v) is 12.0. The van der Waals surface area contributed by atoms with Crippen LogP contribution in [0.25, 0.3) is 0 Å². The minimum Gasteiger partial charge on any atom is -0.492 e. The Hall–Kier alpha value is -3.84. The Kier molecular flexibility index (Phi) is 8.73. The number of rotatable bonds is 9. The fourth-order valence-electron chi connectivity index (χ4n) is 4.03. The SMILES string of the molecule is O=C(Cc1ccccc1)NC1CCN(CCOc2ccc(OC(=O)Nc3ccccc3)cc2)CC1. The van der Waals surface area contributed by atoms with E-state index in [-0.39, 0.29) is 11.9 Å². The standard InChI is InChI=1S/C28H31N3O4/c32-27(21-22-7-3-1-4-8-22)29-24-15-17-31(18-16-24)19-20-34-25-11-13-26(14-12-25)35-28(33)30-23-9-5-2-6-10-23/h1-14,24H,15-21H2,(H,29,32)(H,30,33). The number of nitrogens with zero attached hydrogens (tertiary/aromatic N) is 1. The smallest absolute Gasteiger partial charge is 0.417 e. The van der Waals surface area contributed by atoms with Crippen LogP contribution in [0.15, 0.2) is 84.9 Å². The minimum absolute atomic E-state index is 0.0861. The van der Waals surface area contributed by atoms with Gasteiger partial charge in [-0.15, -0.1) is 0 Å². The van der Waals surface area contributed by atoms with Crippen LogP contribution in [-0.2, 0) is 11.2 Å². The molecule has 1 saturated heterocycles. The number of para-hydroxylation sites is 1. The molecule has 7 heteroatoms. The zero-order valence-electron chi connectivity index (χ0n) is 19.7. The molecule has 3 aromatic rings. The lowest BCUT2D eigenvalue weighted by atomic mass is 10.0. The lowest BCUT2D eigenvalue weighted by Gasteiger charge is -2.32. The summed E-state index contributed by atoms with van der Waals surface area (Å²) in [6.07, 6.45) is 1.77. The predicted molar refractivity (Wildman–Crippen MR) is 136 cm³/mol. The van der Waals surface area contributed by atoms with Crippen molar-refractivity contribution in [1.29, 1.82) is 0 Å². The topological polar surface area (TPSA) is 79.9 Å². The Morgan fingerprint density at radius 3 is 2.14 bits per heavy atom. The molecule has 3 aromatic carbocycles. The van der Waals surface area contributed by atoms with Gasteiger partial charge in [-0.2, -0.15) is 0 Å². The third-order valence-corrected chi connectivity index (χ3v) is 5.89. The number of likely N-dealkylation sites (tertiary alicyclic amines) is 1. The maximum Gasteiger partial charge on any atom is 0.417 e. The van der Waals surface area contributed by atoms with Crippen molar-refractivity contribution in [3.8, 4) is 11.5 Å². The number of anilines is 1. The van der Waals surface area contributed by atoms with Crippen molar-refractivity contribution in [2.24, 2.45) is 0 Å². The molecular weight excluding hydrogens is 442 g/mol. The molecule has 0 aliphatic carbocycles.